The van der Waals surface area contributed by atoms with Crippen molar-refractivity contribution in [2.45, 2.75) is 54.1 Å². The van der Waals surface area contributed by atoms with E-state index in [1.807, 2.05) is 25.7 Å². The highest BCUT2D eigenvalue weighted by atomic mass is 16.2. The number of rotatable bonds is 1. The maximum absolute atomic E-state index is 11.3. The lowest BCUT2D eigenvalue weighted by atomic mass is 10.2. The minimum atomic E-state index is 0.153. The molecule has 4 nitrogen and oxygen atoms in total. The Labute approximate surface area is 104 Å². The molecule has 0 saturated heterocycles. The smallest absolute Gasteiger partial charge is 0.219 e. The second kappa shape index (κ2) is 5.84. The number of nitrogens with zero attached hydrogens (tertiary/aromatic N) is 3. The summed E-state index contributed by atoms with van der Waals surface area (Å²) in [5.41, 5.74) is 2.27. The van der Waals surface area contributed by atoms with Crippen molar-refractivity contribution in [3.05, 3.63) is 17.2 Å². The standard InChI is InChI=1S/C11H17N3O.C2H6/c1-4-11-12-8(2)10-7-13(9(3)15)5-6-14(10)11;1-2/h4-7H2,1-3H3;1-2H3. The van der Waals surface area contributed by atoms with Crippen molar-refractivity contribution in [3.63, 3.8) is 0 Å². The molecular formula is C13H23N3O. The van der Waals surface area contributed by atoms with E-state index in [1.54, 1.807) is 6.92 Å². The van der Waals surface area contributed by atoms with Gasteiger partial charge in [0.15, 0.2) is 0 Å². The third kappa shape index (κ3) is 2.68. The Hall–Kier alpha value is -1.32. The molecule has 0 atom stereocenters. The van der Waals surface area contributed by atoms with Crippen molar-refractivity contribution < 1.29 is 4.79 Å². The Morgan fingerprint density at radius 3 is 2.53 bits per heavy atom. The van der Waals surface area contributed by atoms with Crippen LogP contribution in [0.4, 0.5) is 0 Å². The Morgan fingerprint density at radius 2 is 2.00 bits per heavy atom. The molecule has 0 fully saturated rings. The molecule has 0 saturated carbocycles. The number of aromatic nitrogens is 2. The van der Waals surface area contributed by atoms with Crippen molar-refractivity contribution in [1.29, 1.82) is 0 Å². The van der Waals surface area contributed by atoms with Crippen molar-refractivity contribution in [3.8, 4) is 0 Å². The van der Waals surface area contributed by atoms with Gasteiger partial charge in [-0.3, -0.25) is 4.79 Å². The first-order valence-corrected chi connectivity index (χ1v) is 6.44. The van der Waals surface area contributed by atoms with Crippen LogP contribution >= 0.6 is 0 Å². The molecule has 0 aliphatic carbocycles. The van der Waals surface area contributed by atoms with Crippen LogP contribution in [-0.2, 0) is 24.3 Å². The molecule has 0 radical (unpaired) electrons. The van der Waals surface area contributed by atoms with E-state index in [0.29, 0.717) is 6.54 Å². The summed E-state index contributed by atoms with van der Waals surface area (Å²) in [6, 6.07) is 0. The monoisotopic (exact) mass is 237 g/mol. The zero-order valence-corrected chi connectivity index (χ0v) is 11.6. The number of carbonyl (C=O) groups is 1. The number of hydrogen-bond acceptors (Lipinski definition) is 2. The molecule has 0 aromatic carbocycles. The first-order chi connectivity index (χ1) is 8.13. The van der Waals surface area contributed by atoms with E-state index >= 15 is 0 Å². The summed E-state index contributed by atoms with van der Waals surface area (Å²) in [6.07, 6.45) is 0.959. The van der Waals surface area contributed by atoms with Crippen LogP contribution in [0.3, 0.4) is 0 Å². The molecule has 2 heterocycles. The van der Waals surface area contributed by atoms with Crippen LogP contribution in [0, 0.1) is 6.92 Å². The fraction of sp³-hybridized carbons (Fsp3) is 0.692. The van der Waals surface area contributed by atoms with Crippen LogP contribution in [0.1, 0.15) is 44.9 Å². The van der Waals surface area contributed by atoms with E-state index < -0.39 is 0 Å². The average molecular weight is 237 g/mol. The largest absolute Gasteiger partial charge is 0.335 e. The molecule has 1 aliphatic heterocycles. The number of fused-ring (bicyclic) bond motifs is 1. The maximum Gasteiger partial charge on any atom is 0.219 e. The lowest BCUT2D eigenvalue weighted by Gasteiger charge is -2.28. The third-order valence-electron chi connectivity index (χ3n) is 3.05. The number of aryl methyl sites for hydroxylation is 2. The van der Waals surface area contributed by atoms with Gasteiger partial charge in [0.25, 0.3) is 0 Å². The molecule has 1 aliphatic rings. The van der Waals surface area contributed by atoms with E-state index in [2.05, 4.69) is 16.5 Å². The molecule has 2 rings (SSSR count). The van der Waals surface area contributed by atoms with E-state index in [0.717, 1.165) is 31.0 Å². The molecule has 0 bridgehead atoms. The summed E-state index contributed by atoms with van der Waals surface area (Å²) in [5, 5.41) is 0. The molecule has 0 unspecified atom stereocenters. The van der Waals surface area contributed by atoms with Gasteiger partial charge in [-0.15, -0.1) is 0 Å². The highest BCUT2D eigenvalue weighted by molar-refractivity contribution is 5.73. The number of carbonyl (C=O) groups excluding carboxylic acids is 1. The molecule has 4 heteroatoms. The van der Waals surface area contributed by atoms with Gasteiger partial charge in [0.05, 0.1) is 17.9 Å². The molecule has 0 spiro atoms. The zero-order chi connectivity index (χ0) is 13.0. The first-order valence-electron chi connectivity index (χ1n) is 6.44. The summed E-state index contributed by atoms with van der Waals surface area (Å²) in [4.78, 5) is 17.7. The predicted octanol–water partition coefficient (Wildman–Crippen LogP) is 2.14. The average Bonchev–Trinajstić information content (AvgIpc) is 2.68. The molecule has 1 amide bonds. The molecule has 1 aromatic heterocycles. The van der Waals surface area contributed by atoms with E-state index in [9.17, 15) is 4.79 Å². The summed E-state index contributed by atoms with van der Waals surface area (Å²) < 4.78 is 2.26. The first kappa shape index (κ1) is 13.7. The predicted molar refractivity (Wildman–Crippen MR) is 68.8 cm³/mol. The van der Waals surface area contributed by atoms with E-state index in [1.165, 1.54) is 5.69 Å². The van der Waals surface area contributed by atoms with Gasteiger partial charge in [0.2, 0.25) is 5.91 Å². The molecule has 17 heavy (non-hydrogen) atoms. The SMILES string of the molecule is CC.CCc1nc(C)c2n1CCN(C(C)=O)C2. The van der Waals surface area contributed by atoms with E-state index in [4.69, 9.17) is 0 Å². The normalized spacial score (nSPS) is 13.8. The minimum Gasteiger partial charge on any atom is -0.335 e. The molecule has 1 aromatic rings. The van der Waals surface area contributed by atoms with Gasteiger partial charge < -0.3 is 9.47 Å². The second-order valence-electron chi connectivity index (χ2n) is 4.01. The lowest BCUT2D eigenvalue weighted by Crippen LogP contribution is -2.37. The van der Waals surface area contributed by atoms with Crippen molar-refractivity contribution in [2.75, 3.05) is 6.54 Å². The topological polar surface area (TPSA) is 38.1 Å². The number of hydrogen-bond donors (Lipinski definition) is 0. The highest BCUT2D eigenvalue weighted by Crippen LogP contribution is 2.18. The van der Waals surface area contributed by atoms with Crippen LogP contribution in [0.25, 0.3) is 0 Å². The van der Waals surface area contributed by atoms with Crippen LogP contribution in [0.15, 0.2) is 0 Å². The van der Waals surface area contributed by atoms with Gasteiger partial charge in [-0.25, -0.2) is 4.98 Å². The van der Waals surface area contributed by atoms with Crippen molar-refractivity contribution in [1.82, 2.24) is 14.5 Å². The molecule has 96 valence electrons. The Balaban J connectivity index is 0.000000686. The van der Waals surface area contributed by atoms with Gasteiger partial charge in [-0.2, -0.15) is 0 Å². The minimum absolute atomic E-state index is 0.153. The van der Waals surface area contributed by atoms with Gasteiger partial charge in [-0.1, -0.05) is 20.8 Å². The lowest BCUT2D eigenvalue weighted by molar-refractivity contribution is -0.130. The van der Waals surface area contributed by atoms with Crippen molar-refractivity contribution in [2.24, 2.45) is 0 Å². The van der Waals surface area contributed by atoms with E-state index in [-0.39, 0.29) is 5.91 Å². The molecule has 0 N–H and O–H groups in total. The van der Waals surface area contributed by atoms with Crippen LogP contribution < -0.4 is 0 Å². The second-order valence-corrected chi connectivity index (χ2v) is 4.01. The maximum atomic E-state index is 11.3. The zero-order valence-electron chi connectivity index (χ0n) is 11.6. The fourth-order valence-corrected chi connectivity index (χ4v) is 2.15. The number of imidazole rings is 1. The molecular weight excluding hydrogens is 214 g/mol. The Bertz CT molecular complexity index is 396. The summed E-state index contributed by atoms with van der Waals surface area (Å²) in [7, 11) is 0. The highest BCUT2D eigenvalue weighted by Gasteiger charge is 2.22. The fourth-order valence-electron chi connectivity index (χ4n) is 2.15. The van der Waals surface area contributed by atoms with Gasteiger partial charge in [0, 0.05) is 26.4 Å². The van der Waals surface area contributed by atoms with Gasteiger partial charge >= 0.3 is 0 Å². The quantitative estimate of drug-likeness (QED) is 0.750. The van der Waals surface area contributed by atoms with Crippen LogP contribution in [0.2, 0.25) is 0 Å². The number of amides is 1. The summed E-state index contributed by atoms with van der Waals surface area (Å²) >= 11 is 0. The van der Waals surface area contributed by atoms with Gasteiger partial charge in [0.1, 0.15) is 5.82 Å². The Morgan fingerprint density at radius 1 is 1.35 bits per heavy atom. The summed E-state index contributed by atoms with van der Waals surface area (Å²) in [5.74, 6) is 1.30. The summed E-state index contributed by atoms with van der Waals surface area (Å²) in [6.45, 7) is 12.2. The third-order valence-corrected chi connectivity index (χ3v) is 3.05. The van der Waals surface area contributed by atoms with Crippen molar-refractivity contribution >= 4 is 5.91 Å². The van der Waals surface area contributed by atoms with Gasteiger partial charge in [-0.05, 0) is 6.92 Å². The van der Waals surface area contributed by atoms with Crippen LogP contribution in [-0.4, -0.2) is 26.9 Å². The van der Waals surface area contributed by atoms with Crippen LogP contribution in [0.5, 0.6) is 0 Å². The Kier molecular flexibility index (Phi) is 4.73.